The highest BCUT2D eigenvalue weighted by Gasteiger charge is 2.27. The summed E-state index contributed by atoms with van der Waals surface area (Å²) in [6.45, 7) is 2.06. The van der Waals surface area contributed by atoms with Crippen molar-refractivity contribution in [1.29, 1.82) is 5.26 Å². The van der Waals surface area contributed by atoms with Crippen LogP contribution in [0.2, 0.25) is 5.02 Å². The number of hydrogen-bond donors (Lipinski definition) is 1. The lowest BCUT2D eigenvalue weighted by Gasteiger charge is -2.28. The van der Waals surface area contributed by atoms with E-state index in [1.165, 1.54) is 21.6 Å². The van der Waals surface area contributed by atoms with Gasteiger partial charge in [-0.25, -0.2) is 9.37 Å². The Morgan fingerprint density at radius 1 is 1.22 bits per heavy atom. The van der Waals surface area contributed by atoms with Gasteiger partial charge in [-0.05, 0) is 37.3 Å². The Balaban J connectivity index is 0.000000623. The maximum atomic E-state index is 14.2. The summed E-state index contributed by atoms with van der Waals surface area (Å²) in [7, 11) is 0. The molecule has 2 N–H and O–H groups in total. The molecular formula is C27H29ClFN5O2. The van der Waals surface area contributed by atoms with Gasteiger partial charge in [-0.1, -0.05) is 50.6 Å². The number of nitrogens with two attached hydrogens (primary N) is 1. The van der Waals surface area contributed by atoms with Crippen LogP contribution in [0.4, 0.5) is 10.3 Å². The van der Waals surface area contributed by atoms with Crippen LogP contribution in [0.15, 0.2) is 53.3 Å². The van der Waals surface area contributed by atoms with E-state index < -0.39 is 11.7 Å². The molecule has 36 heavy (non-hydrogen) atoms. The Bertz CT molecular complexity index is 1370. The van der Waals surface area contributed by atoms with Gasteiger partial charge in [-0.15, -0.1) is 5.92 Å². The van der Waals surface area contributed by atoms with Crippen molar-refractivity contribution in [1.82, 2.24) is 14.5 Å². The van der Waals surface area contributed by atoms with E-state index in [-0.39, 0.29) is 57.1 Å². The topological polar surface area (TPSA) is 105 Å². The van der Waals surface area contributed by atoms with Gasteiger partial charge in [0, 0.05) is 18.0 Å². The average Bonchev–Trinajstić information content (AvgIpc) is 2.84. The smallest absolute Gasteiger partial charge is 0.261 e. The van der Waals surface area contributed by atoms with Crippen LogP contribution in [0.1, 0.15) is 49.0 Å². The van der Waals surface area contributed by atoms with Gasteiger partial charge in [0.25, 0.3) is 11.5 Å². The van der Waals surface area contributed by atoms with E-state index in [1.54, 1.807) is 6.92 Å². The van der Waals surface area contributed by atoms with Crippen LogP contribution in [0.25, 0.3) is 0 Å². The molecule has 0 unspecified atom stereocenters. The van der Waals surface area contributed by atoms with Crippen molar-refractivity contribution in [2.24, 2.45) is 0 Å². The van der Waals surface area contributed by atoms with Gasteiger partial charge in [0.05, 0.1) is 41.5 Å². The molecule has 1 amide bonds. The molecule has 0 saturated carbocycles. The van der Waals surface area contributed by atoms with Crippen molar-refractivity contribution >= 4 is 23.5 Å². The largest absolute Gasteiger partial charge is 0.369 e. The molecule has 0 atom stereocenters. The molecule has 1 aromatic heterocycles. The van der Waals surface area contributed by atoms with Gasteiger partial charge in [0.15, 0.2) is 0 Å². The van der Waals surface area contributed by atoms with E-state index in [4.69, 9.17) is 22.6 Å². The van der Waals surface area contributed by atoms with Gasteiger partial charge in [-0.3, -0.25) is 14.2 Å². The molecule has 0 saturated heterocycles. The lowest BCUT2D eigenvalue weighted by molar-refractivity contribution is 0.0727. The number of carbonyl (C=O) groups is 1. The Morgan fingerprint density at radius 3 is 2.47 bits per heavy atom. The number of nitriles is 1. The first-order valence-electron chi connectivity index (χ1n) is 10.3. The fourth-order valence-corrected chi connectivity index (χ4v) is 3.51. The molecular weight excluding hydrogens is 481 g/mol. The van der Waals surface area contributed by atoms with E-state index in [0.29, 0.717) is 17.7 Å². The number of fused-ring (bicyclic) bond motifs is 1. The predicted octanol–water partition coefficient (Wildman–Crippen LogP) is 4.67. The summed E-state index contributed by atoms with van der Waals surface area (Å²) in [4.78, 5) is 31.1. The monoisotopic (exact) mass is 509 g/mol. The van der Waals surface area contributed by atoms with E-state index in [1.807, 2.05) is 36.4 Å². The predicted molar refractivity (Wildman–Crippen MR) is 141 cm³/mol. The van der Waals surface area contributed by atoms with Crippen molar-refractivity contribution in [3.63, 3.8) is 0 Å². The second kappa shape index (κ2) is 13.7. The molecule has 1 aliphatic rings. The van der Waals surface area contributed by atoms with E-state index in [9.17, 15) is 14.0 Å². The normalized spacial score (nSPS) is 11.1. The van der Waals surface area contributed by atoms with Crippen LogP contribution in [-0.4, -0.2) is 26.9 Å². The molecule has 9 heteroatoms. The number of carbonyl (C=O) groups excluding carboxylic acids is 1. The third kappa shape index (κ3) is 6.94. The second-order valence-electron chi connectivity index (χ2n) is 7.29. The summed E-state index contributed by atoms with van der Waals surface area (Å²) < 4.78 is 15.4. The van der Waals surface area contributed by atoms with Crippen molar-refractivity contribution < 1.29 is 9.18 Å². The summed E-state index contributed by atoms with van der Waals surface area (Å²) in [5.41, 5.74) is 6.39. The number of halogens is 2. The number of benzene rings is 2. The lowest BCUT2D eigenvalue weighted by atomic mass is 10.0. The van der Waals surface area contributed by atoms with Gasteiger partial charge >= 0.3 is 0 Å². The first-order valence-corrected chi connectivity index (χ1v) is 10.7. The molecule has 4 rings (SSSR count). The van der Waals surface area contributed by atoms with Crippen molar-refractivity contribution in [3.8, 4) is 17.9 Å². The fourth-order valence-electron chi connectivity index (χ4n) is 3.36. The van der Waals surface area contributed by atoms with Crippen LogP contribution >= 0.6 is 11.6 Å². The molecule has 188 valence electrons. The zero-order chi connectivity index (χ0) is 24.7. The number of amides is 1. The minimum atomic E-state index is -0.768. The number of nitrogens with zero attached hydrogens (tertiary/aromatic N) is 4. The fraction of sp³-hybridized carbons (Fsp3) is 0.259. The van der Waals surface area contributed by atoms with Crippen LogP contribution < -0.4 is 11.3 Å². The molecule has 1 aliphatic heterocycles. The van der Waals surface area contributed by atoms with Gasteiger partial charge < -0.3 is 10.6 Å². The molecule has 3 aromatic rings. The van der Waals surface area contributed by atoms with E-state index in [0.717, 1.165) is 11.1 Å². The third-order valence-corrected chi connectivity index (χ3v) is 5.36. The zero-order valence-corrected chi connectivity index (χ0v) is 19.1. The minimum absolute atomic E-state index is 0. The Hall–Kier alpha value is -4.14. The van der Waals surface area contributed by atoms with Crippen molar-refractivity contribution in [2.75, 3.05) is 12.3 Å². The number of aromatic nitrogens is 2. The lowest BCUT2D eigenvalue weighted by Crippen LogP contribution is -2.41. The number of rotatable bonds is 2. The summed E-state index contributed by atoms with van der Waals surface area (Å²) >= 11 is 5.54. The minimum Gasteiger partial charge on any atom is -0.369 e. The molecule has 0 radical (unpaired) electrons. The van der Waals surface area contributed by atoms with Crippen LogP contribution in [-0.2, 0) is 19.5 Å². The van der Waals surface area contributed by atoms with Gasteiger partial charge in [-0.2, -0.15) is 5.26 Å². The maximum Gasteiger partial charge on any atom is 0.261 e. The SMILES string of the molecule is C.C.CC#CCn1c(N)nc2c(c1=O)CN(C(=O)c1ccc(C#N)cc1F)CC2.Clc1ccccc1. The number of hydrogen-bond acceptors (Lipinski definition) is 5. The Kier molecular flexibility index (Phi) is 11.4. The maximum absolute atomic E-state index is 14.2. The molecule has 2 aromatic carbocycles. The van der Waals surface area contributed by atoms with Crippen molar-refractivity contribution in [3.05, 3.63) is 92.1 Å². The first-order chi connectivity index (χ1) is 16.3. The number of nitrogen functional groups attached to an aromatic ring is 1. The Morgan fingerprint density at radius 2 is 1.92 bits per heavy atom. The zero-order valence-electron chi connectivity index (χ0n) is 18.4. The van der Waals surface area contributed by atoms with Crippen LogP contribution in [0.5, 0.6) is 0 Å². The molecule has 0 bridgehead atoms. The quantitative estimate of drug-likeness (QED) is 0.505. The highest BCUT2D eigenvalue weighted by molar-refractivity contribution is 6.30. The second-order valence-corrected chi connectivity index (χ2v) is 7.73. The van der Waals surface area contributed by atoms with E-state index in [2.05, 4.69) is 16.8 Å². The first kappa shape index (κ1) is 29.9. The molecule has 0 spiro atoms. The van der Waals surface area contributed by atoms with Crippen molar-refractivity contribution in [2.45, 2.75) is 41.3 Å². The molecule has 0 fully saturated rings. The summed E-state index contributed by atoms with van der Waals surface area (Å²) in [5, 5.41) is 9.61. The average molecular weight is 510 g/mol. The highest BCUT2D eigenvalue weighted by Crippen LogP contribution is 2.19. The third-order valence-electron chi connectivity index (χ3n) is 5.11. The molecule has 2 heterocycles. The highest BCUT2D eigenvalue weighted by atomic mass is 35.5. The van der Waals surface area contributed by atoms with Crippen LogP contribution in [0, 0.1) is 29.0 Å². The number of anilines is 1. The van der Waals surface area contributed by atoms with Crippen LogP contribution in [0.3, 0.4) is 0 Å². The van der Waals surface area contributed by atoms with E-state index >= 15 is 0 Å². The summed E-state index contributed by atoms with van der Waals surface area (Å²) in [5.74, 6) is 4.23. The molecule has 7 nitrogen and oxygen atoms in total. The Labute approximate surface area is 216 Å². The summed E-state index contributed by atoms with van der Waals surface area (Å²) in [6, 6.07) is 14.9. The van der Waals surface area contributed by atoms with Gasteiger partial charge in [0.1, 0.15) is 5.82 Å². The standard InChI is InChI=1S/C19H16FN5O2.C6H5Cl.2CH4/c1-2-3-7-25-18(27)14-11-24(8-6-16(14)23-19(25)22)17(26)13-5-4-12(10-21)9-15(13)20;7-6-4-2-1-3-5-6;;/h4-5,9H,6-8,11H2,1H3,(H2,22,23);1-5H;2*1H4. The molecule has 0 aliphatic carbocycles. The van der Waals surface area contributed by atoms with Gasteiger partial charge in [0.2, 0.25) is 5.95 Å². The summed E-state index contributed by atoms with van der Waals surface area (Å²) in [6.07, 6.45) is 0.346.